The van der Waals surface area contributed by atoms with Crippen molar-refractivity contribution in [3.8, 4) is 11.5 Å². The summed E-state index contributed by atoms with van der Waals surface area (Å²) < 4.78 is 12.6. The summed E-state index contributed by atoms with van der Waals surface area (Å²) in [7, 11) is 0. The van der Waals surface area contributed by atoms with Crippen LogP contribution >= 0.6 is 0 Å². The maximum absolute atomic E-state index is 12.6. The SMILES string of the molecule is CCN1CCn2c(nc3cc(C(=O)NCc4ccc5c(c4)OCO5)ccc32)C1=O. The standard InChI is InChI=1S/C21H20N4O4/c1-2-24-7-8-25-16-5-4-14(10-15(16)23-19(25)21(24)27)20(26)22-11-13-3-6-17-18(9-13)29-12-28-17/h3-6,9-10H,2,7-8,11-12H2,1H3,(H,22,26). The molecule has 2 aromatic carbocycles. The Morgan fingerprint density at radius 3 is 2.86 bits per heavy atom. The first-order valence-corrected chi connectivity index (χ1v) is 9.60. The van der Waals surface area contributed by atoms with E-state index in [4.69, 9.17) is 9.47 Å². The van der Waals surface area contributed by atoms with Crippen molar-refractivity contribution < 1.29 is 19.1 Å². The molecule has 8 heteroatoms. The minimum Gasteiger partial charge on any atom is -0.454 e. The monoisotopic (exact) mass is 392 g/mol. The van der Waals surface area contributed by atoms with Crippen molar-refractivity contribution in [2.75, 3.05) is 19.9 Å². The highest BCUT2D eigenvalue weighted by Crippen LogP contribution is 2.32. The van der Waals surface area contributed by atoms with Crippen LogP contribution in [0, 0.1) is 0 Å². The van der Waals surface area contributed by atoms with Crippen LogP contribution in [-0.4, -0.2) is 46.1 Å². The Hall–Kier alpha value is -3.55. The third kappa shape index (κ3) is 2.97. The van der Waals surface area contributed by atoms with Crippen LogP contribution in [0.15, 0.2) is 36.4 Å². The van der Waals surface area contributed by atoms with Gasteiger partial charge in [0.2, 0.25) is 6.79 Å². The molecule has 2 aliphatic rings. The molecule has 29 heavy (non-hydrogen) atoms. The molecule has 5 rings (SSSR count). The molecule has 0 unspecified atom stereocenters. The van der Waals surface area contributed by atoms with E-state index in [1.165, 1.54) is 0 Å². The predicted molar refractivity (Wildman–Crippen MR) is 105 cm³/mol. The van der Waals surface area contributed by atoms with Gasteiger partial charge in [0.25, 0.3) is 11.8 Å². The summed E-state index contributed by atoms with van der Waals surface area (Å²) in [6, 6.07) is 11.0. The second kappa shape index (κ2) is 6.80. The molecule has 1 N–H and O–H groups in total. The molecule has 2 amide bonds. The average Bonchev–Trinajstić information content (AvgIpc) is 3.36. The van der Waals surface area contributed by atoms with Gasteiger partial charge in [0.1, 0.15) is 0 Å². The molecule has 1 aromatic heterocycles. The lowest BCUT2D eigenvalue weighted by Crippen LogP contribution is -2.40. The van der Waals surface area contributed by atoms with Crippen molar-refractivity contribution in [2.24, 2.45) is 0 Å². The third-order valence-corrected chi connectivity index (χ3v) is 5.35. The molecule has 2 aliphatic heterocycles. The van der Waals surface area contributed by atoms with Gasteiger partial charge in [-0.2, -0.15) is 0 Å². The lowest BCUT2D eigenvalue weighted by atomic mass is 10.1. The zero-order valence-corrected chi connectivity index (χ0v) is 16.0. The topological polar surface area (TPSA) is 85.7 Å². The van der Waals surface area contributed by atoms with Gasteiger partial charge >= 0.3 is 0 Å². The van der Waals surface area contributed by atoms with E-state index >= 15 is 0 Å². The molecule has 0 saturated carbocycles. The summed E-state index contributed by atoms with van der Waals surface area (Å²) in [6.45, 7) is 4.59. The molecule has 0 fully saturated rings. The highest BCUT2D eigenvalue weighted by Gasteiger charge is 2.27. The Morgan fingerprint density at radius 2 is 2.00 bits per heavy atom. The van der Waals surface area contributed by atoms with Crippen molar-refractivity contribution in [3.05, 3.63) is 53.3 Å². The summed E-state index contributed by atoms with van der Waals surface area (Å²) in [6.07, 6.45) is 0. The minimum atomic E-state index is -0.197. The molecule has 0 radical (unpaired) electrons. The van der Waals surface area contributed by atoms with Crippen LogP contribution in [0.25, 0.3) is 11.0 Å². The summed E-state index contributed by atoms with van der Waals surface area (Å²) in [4.78, 5) is 31.4. The summed E-state index contributed by atoms with van der Waals surface area (Å²) in [5.41, 5.74) is 2.96. The summed E-state index contributed by atoms with van der Waals surface area (Å²) in [5, 5.41) is 2.91. The number of nitrogens with one attached hydrogen (secondary N) is 1. The van der Waals surface area contributed by atoms with E-state index in [1.54, 1.807) is 17.0 Å². The maximum atomic E-state index is 12.6. The highest BCUT2D eigenvalue weighted by atomic mass is 16.7. The quantitative estimate of drug-likeness (QED) is 0.736. The molecule has 8 nitrogen and oxygen atoms in total. The molecule has 3 aromatic rings. The zero-order chi connectivity index (χ0) is 20.0. The number of ether oxygens (including phenoxy) is 2. The predicted octanol–water partition coefficient (Wildman–Crippen LogP) is 2.17. The van der Waals surface area contributed by atoms with Gasteiger partial charge in [0.15, 0.2) is 17.3 Å². The number of carbonyl (C=O) groups excluding carboxylic acids is 2. The van der Waals surface area contributed by atoms with Gasteiger partial charge in [-0.05, 0) is 42.8 Å². The Labute approximate surface area is 167 Å². The van der Waals surface area contributed by atoms with Crippen molar-refractivity contribution in [1.82, 2.24) is 19.8 Å². The first-order chi connectivity index (χ1) is 14.1. The number of amides is 2. The molecule has 0 atom stereocenters. The average molecular weight is 392 g/mol. The second-order valence-corrected chi connectivity index (χ2v) is 7.05. The summed E-state index contributed by atoms with van der Waals surface area (Å²) >= 11 is 0. The normalized spacial score (nSPS) is 14.9. The number of likely N-dealkylation sites (N-methyl/N-ethyl adjacent to an activating group) is 1. The van der Waals surface area contributed by atoms with Crippen LogP contribution in [0.5, 0.6) is 11.5 Å². The first-order valence-electron chi connectivity index (χ1n) is 9.60. The van der Waals surface area contributed by atoms with E-state index in [9.17, 15) is 9.59 Å². The van der Waals surface area contributed by atoms with Crippen LogP contribution in [0.3, 0.4) is 0 Å². The van der Waals surface area contributed by atoms with E-state index < -0.39 is 0 Å². The van der Waals surface area contributed by atoms with E-state index in [2.05, 4.69) is 10.3 Å². The number of fused-ring (bicyclic) bond motifs is 4. The van der Waals surface area contributed by atoms with Crippen LogP contribution in [0.4, 0.5) is 0 Å². The zero-order valence-electron chi connectivity index (χ0n) is 16.0. The Morgan fingerprint density at radius 1 is 1.14 bits per heavy atom. The molecule has 148 valence electrons. The number of aromatic nitrogens is 2. The number of nitrogens with zero attached hydrogens (tertiary/aromatic N) is 3. The van der Waals surface area contributed by atoms with Gasteiger partial charge in [-0.3, -0.25) is 9.59 Å². The van der Waals surface area contributed by atoms with Crippen LogP contribution in [0.1, 0.15) is 33.5 Å². The molecule has 0 saturated heterocycles. The Kier molecular flexibility index (Phi) is 4.12. The molecule has 3 heterocycles. The molecular formula is C21H20N4O4. The summed E-state index contributed by atoms with van der Waals surface area (Å²) in [5.74, 6) is 1.57. The smallest absolute Gasteiger partial charge is 0.289 e. The van der Waals surface area contributed by atoms with E-state index in [1.807, 2.05) is 35.8 Å². The lowest BCUT2D eigenvalue weighted by Gasteiger charge is -2.26. The van der Waals surface area contributed by atoms with Crippen molar-refractivity contribution in [3.63, 3.8) is 0 Å². The fourth-order valence-corrected chi connectivity index (χ4v) is 3.76. The fourth-order valence-electron chi connectivity index (χ4n) is 3.76. The lowest BCUT2D eigenvalue weighted by molar-refractivity contribution is 0.0709. The van der Waals surface area contributed by atoms with Gasteiger partial charge in [-0.1, -0.05) is 6.07 Å². The number of carbonyl (C=O) groups is 2. The fraction of sp³-hybridized carbons (Fsp3) is 0.286. The van der Waals surface area contributed by atoms with Crippen molar-refractivity contribution in [1.29, 1.82) is 0 Å². The number of hydrogen-bond donors (Lipinski definition) is 1. The molecule has 0 aliphatic carbocycles. The van der Waals surface area contributed by atoms with Gasteiger partial charge in [0, 0.05) is 31.7 Å². The minimum absolute atomic E-state index is 0.0660. The van der Waals surface area contributed by atoms with Gasteiger partial charge in [-0.15, -0.1) is 0 Å². The van der Waals surface area contributed by atoms with Crippen molar-refractivity contribution in [2.45, 2.75) is 20.0 Å². The van der Waals surface area contributed by atoms with Gasteiger partial charge in [0.05, 0.1) is 11.0 Å². The maximum Gasteiger partial charge on any atom is 0.289 e. The van der Waals surface area contributed by atoms with Crippen LogP contribution in [-0.2, 0) is 13.1 Å². The van der Waals surface area contributed by atoms with E-state index in [0.717, 1.165) is 11.1 Å². The van der Waals surface area contributed by atoms with Crippen LogP contribution < -0.4 is 14.8 Å². The second-order valence-electron chi connectivity index (χ2n) is 7.05. The first kappa shape index (κ1) is 17.5. The Bertz CT molecular complexity index is 1140. The third-order valence-electron chi connectivity index (χ3n) is 5.35. The molecular weight excluding hydrogens is 372 g/mol. The number of hydrogen-bond acceptors (Lipinski definition) is 5. The van der Waals surface area contributed by atoms with E-state index in [0.29, 0.717) is 54.6 Å². The molecule has 0 spiro atoms. The largest absolute Gasteiger partial charge is 0.454 e. The van der Waals surface area contributed by atoms with E-state index in [-0.39, 0.29) is 18.6 Å². The van der Waals surface area contributed by atoms with Crippen molar-refractivity contribution >= 4 is 22.8 Å². The number of imidazole rings is 1. The van der Waals surface area contributed by atoms with Gasteiger partial charge in [-0.25, -0.2) is 4.98 Å². The molecule has 0 bridgehead atoms. The number of benzene rings is 2. The number of rotatable bonds is 4. The Balaban J connectivity index is 1.35. The highest BCUT2D eigenvalue weighted by molar-refractivity contribution is 6.00. The van der Waals surface area contributed by atoms with Gasteiger partial charge < -0.3 is 24.3 Å². The van der Waals surface area contributed by atoms with Crippen LogP contribution in [0.2, 0.25) is 0 Å².